The van der Waals surface area contributed by atoms with E-state index in [0.29, 0.717) is 6.54 Å². The third kappa shape index (κ3) is 1.99. The fourth-order valence-electron chi connectivity index (χ4n) is 2.99. The summed E-state index contributed by atoms with van der Waals surface area (Å²) in [6.45, 7) is 3.99. The molecule has 3 rings (SSSR count). The third-order valence-corrected chi connectivity index (χ3v) is 4.18. The van der Waals surface area contributed by atoms with Gasteiger partial charge in [0.2, 0.25) is 0 Å². The molecule has 0 aromatic heterocycles. The van der Waals surface area contributed by atoms with Crippen LogP contribution in [-0.4, -0.2) is 32.8 Å². The van der Waals surface area contributed by atoms with Gasteiger partial charge in [-0.2, -0.15) is 0 Å². The number of anilines is 1. The van der Waals surface area contributed by atoms with E-state index in [1.807, 2.05) is 6.07 Å². The second-order valence-corrected chi connectivity index (χ2v) is 5.45. The Morgan fingerprint density at radius 3 is 3.06 bits per heavy atom. The van der Waals surface area contributed by atoms with Gasteiger partial charge in [-0.05, 0) is 30.5 Å². The highest BCUT2D eigenvalue weighted by Crippen LogP contribution is 2.35. The Kier molecular flexibility index (Phi) is 2.99. The Balaban J connectivity index is 1.81. The zero-order valence-electron chi connectivity index (χ0n) is 10.5. The second-order valence-electron chi connectivity index (χ2n) is 5.45. The second kappa shape index (κ2) is 4.52. The van der Waals surface area contributed by atoms with Gasteiger partial charge in [0.05, 0.1) is 6.61 Å². The molecule has 98 valence electrons. The molecule has 3 nitrogen and oxygen atoms in total. The van der Waals surface area contributed by atoms with Gasteiger partial charge >= 0.3 is 0 Å². The normalized spacial score (nSPS) is 26.7. The molecule has 2 N–H and O–H groups in total. The van der Waals surface area contributed by atoms with E-state index >= 15 is 0 Å². The first-order valence-corrected chi connectivity index (χ1v) is 6.54. The lowest BCUT2D eigenvalue weighted by molar-refractivity contribution is 0.157. The highest BCUT2D eigenvalue weighted by molar-refractivity contribution is 5.58. The molecule has 1 fully saturated rings. The summed E-state index contributed by atoms with van der Waals surface area (Å²) in [6, 6.07) is 5.08. The molecule has 2 heterocycles. The Labute approximate surface area is 107 Å². The van der Waals surface area contributed by atoms with Crippen molar-refractivity contribution in [3.8, 4) is 0 Å². The van der Waals surface area contributed by atoms with Gasteiger partial charge in [0, 0.05) is 37.3 Å². The summed E-state index contributed by atoms with van der Waals surface area (Å²) in [5.41, 5.74) is 8.24. The van der Waals surface area contributed by atoms with Crippen molar-refractivity contribution in [3.05, 3.63) is 29.6 Å². The van der Waals surface area contributed by atoms with Crippen molar-refractivity contribution in [2.24, 2.45) is 11.1 Å². The number of halogens is 1. The van der Waals surface area contributed by atoms with Crippen molar-refractivity contribution in [2.45, 2.75) is 12.8 Å². The highest BCUT2D eigenvalue weighted by atomic mass is 19.1. The summed E-state index contributed by atoms with van der Waals surface area (Å²) >= 11 is 0. The predicted molar refractivity (Wildman–Crippen MR) is 69.2 cm³/mol. The van der Waals surface area contributed by atoms with Crippen LogP contribution in [0.2, 0.25) is 0 Å². The molecule has 18 heavy (non-hydrogen) atoms. The molecule has 2 aliphatic rings. The van der Waals surface area contributed by atoms with Gasteiger partial charge < -0.3 is 15.4 Å². The molecule has 1 saturated heterocycles. The van der Waals surface area contributed by atoms with Crippen LogP contribution >= 0.6 is 0 Å². The molecule has 4 heteroatoms. The summed E-state index contributed by atoms with van der Waals surface area (Å²) in [4.78, 5) is 2.26. The van der Waals surface area contributed by atoms with Crippen molar-refractivity contribution < 1.29 is 9.13 Å². The Morgan fingerprint density at radius 2 is 2.33 bits per heavy atom. The van der Waals surface area contributed by atoms with Crippen molar-refractivity contribution in [1.82, 2.24) is 0 Å². The van der Waals surface area contributed by atoms with Crippen LogP contribution in [0.4, 0.5) is 10.1 Å². The summed E-state index contributed by atoms with van der Waals surface area (Å²) < 4.78 is 18.8. The average molecular weight is 250 g/mol. The smallest absolute Gasteiger partial charge is 0.125 e. The molecule has 0 bridgehead atoms. The molecule has 1 unspecified atom stereocenters. The molecule has 1 aromatic rings. The van der Waals surface area contributed by atoms with Gasteiger partial charge in [-0.1, -0.05) is 6.07 Å². The number of ether oxygens (including phenoxy) is 1. The number of hydrogen-bond acceptors (Lipinski definition) is 3. The molecule has 2 aliphatic heterocycles. The number of fused-ring (bicyclic) bond motifs is 1. The van der Waals surface area contributed by atoms with Crippen LogP contribution < -0.4 is 10.6 Å². The van der Waals surface area contributed by atoms with Crippen LogP contribution in [0.15, 0.2) is 18.2 Å². The Hall–Kier alpha value is -1.13. The first-order chi connectivity index (χ1) is 8.72. The van der Waals surface area contributed by atoms with Crippen LogP contribution in [0.5, 0.6) is 0 Å². The lowest BCUT2D eigenvalue weighted by atomic mass is 9.87. The van der Waals surface area contributed by atoms with Gasteiger partial charge in [-0.15, -0.1) is 0 Å². The van der Waals surface area contributed by atoms with Gasteiger partial charge in [0.15, 0.2) is 0 Å². The van der Waals surface area contributed by atoms with Gasteiger partial charge in [0.25, 0.3) is 0 Å². The first-order valence-electron chi connectivity index (χ1n) is 6.54. The van der Waals surface area contributed by atoms with Crippen LogP contribution in [0.3, 0.4) is 0 Å². The van der Waals surface area contributed by atoms with E-state index < -0.39 is 0 Å². The quantitative estimate of drug-likeness (QED) is 0.884. The van der Waals surface area contributed by atoms with Crippen molar-refractivity contribution in [1.29, 1.82) is 0 Å². The fraction of sp³-hybridized carbons (Fsp3) is 0.571. The van der Waals surface area contributed by atoms with Crippen LogP contribution in [0.1, 0.15) is 12.0 Å². The molecular weight excluding hydrogens is 231 g/mol. The maximum absolute atomic E-state index is 13.4. The van der Waals surface area contributed by atoms with Gasteiger partial charge in [-0.3, -0.25) is 0 Å². The van der Waals surface area contributed by atoms with E-state index in [2.05, 4.69) is 4.90 Å². The first kappa shape index (κ1) is 11.9. The standard InChI is InChI=1S/C14H19FN2O/c15-12-2-1-11-3-5-17(13(11)7-12)9-14(8-16)4-6-18-10-14/h1-2,7H,3-6,8-10,16H2. The minimum Gasteiger partial charge on any atom is -0.381 e. The maximum atomic E-state index is 13.4. The number of nitrogens with two attached hydrogens (primary N) is 1. The summed E-state index contributed by atoms with van der Waals surface area (Å²) in [6.07, 6.45) is 2.00. The zero-order valence-corrected chi connectivity index (χ0v) is 10.5. The molecule has 1 atom stereocenters. The minimum atomic E-state index is -0.162. The van der Waals surface area contributed by atoms with Gasteiger partial charge in [0.1, 0.15) is 5.82 Å². The van der Waals surface area contributed by atoms with Crippen molar-refractivity contribution >= 4 is 5.69 Å². The minimum absolute atomic E-state index is 0.0495. The van der Waals surface area contributed by atoms with Crippen molar-refractivity contribution in [3.63, 3.8) is 0 Å². The van der Waals surface area contributed by atoms with Crippen LogP contribution in [0, 0.1) is 11.2 Å². The lowest BCUT2D eigenvalue weighted by Crippen LogP contribution is -2.42. The number of hydrogen-bond donors (Lipinski definition) is 1. The fourth-order valence-corrected chi connectivity index (χ4v) is 2.99. The number of benzene rings is 1. The summed E-state index contributed by atoms with van der Waals surface area (Å²) in [7, 11) is 0. The summed E-state index contributed by atoms with van der Waals surface area (Å²) in [5, 5.41) is 0. The van der Waals surface area contributed by atoms with E-state index in [4.69, 9.17) is 10.5 Å². The molecular formula is C14H19FN2O. The predicted octanol–water partition coefficient (Wildman–Crippen LogP) is 1.55. The third-order valence-electron chi connectivity index (χ3n) is 4.18. The molecule has 0 aliphatic carbocycles. The van der Waals surface area contributed by atoms with Gasteiger partial charge in [-0.25, -0.2) is 4.39 Å². The SMILES string of the molecule is NCC1(CN2CCc3ccc(F)cc32)CCOC1. The maximum Gasteiger partial charge on any atom is 0.125 e. The monoisotopic (exact) mass is 250 g/mol. The number of nitrogens with zero attached hydrogens (tertiary/aromatic N) is 1. The van der Waals surface area contributed by atoms with Crippen molar-refractivity contribution in [2.75, 3.05) is 37.7 Å². The number of rotatable bonds is 3. The van der Waals surface area contributed by atoms with Crippen LogP contribution in [-0.2, 0) is 11.2 Å². The molecule has 1 aromatic carbocycles. The Morgan fingerprint density at radius 1 is 1.44 bits per heavy atom. The molecule has 0 amide bonds. The summed E-state index contributed by atoms with van der Waals surface area (Å²) in [5.74, 6) is -0.162. The molecule has 0 spiro atoms. The van der Waals surface area contributed by atoms with E-state index in [1.165, 1.54) is 5.56 Å². The van der Waals surface area contributed by atoms with E-state index in [1.54, 1.807) is 12.1 Å². The van der Waals surface area contributed by atoms with Crippen LogP contribution in [0.25, 0.3) is 0 Å². The highest BCUT2D eigenvalue weighted by Gasteiger charge is 2.37. The average Bonchev–Trinajstić information content (AvgIpc) is 2.98. The zero-order chi connectivity index (χ0) is 12.6. The topological polar surface area (TPSA) is 38.5 Å². The van der Waals surface area contributed by atoms with E-state index in [9.17, 15) is 4.39 Å². The van der Waals surface area contributed by atoms with E-state index in [0.717, 1.165) is 44.8 Å². The molecule has 0 radical (unpaired) electrons. The Bertz CT molecular complexity index is 443. The van der Waals surface area contributed by atoms with E-state index in [-0.39, 0.29) is 11.2 Å². The largest absolute Gasteiger partial charge is 0.381 e. The molecule has 0 saturated carbocycles. The lowest BCUT2D eigenvalue weighted by Gasteiger charge is -2.32.